The quantitative estimate of drug-likeness (QED) is 0.627. The average Bonchev–Trinajstić information content (AvgIpc) is 3.09. The topological polar surface area (TPSA) is 48.3 Å². The van der Waals surface area contributed by atoms with Gasteiger partial charge in [0.2, 0.25) is 5.95 Å². The molecule has 0 saturated heterocycles. The van der Waals surface area contributed by atoms with E-state index in [2.05, 4.69) is 33.1 Å². The van der Waals surface area contributed by atoms with Crippen LogP contribution >= 0.6 is 0 Å². The van der Waals surface area contributed by atoms with Gasteiger partial charge in [-0.3, -0.25) is 0 Å². The Labute approximate surface area is 154 Å². The van der Waals surface area contributed by atoms with E-state index >= 15 is 0 Å². The van der Waals surface area contributed by atoms with Crippen molar-refractivity contribution in [2.45, 2.75) is 20.0 Å². The molecule has 5 heteroatoms. The Morgan fingerprint density at radius 3 is 2.58 bits per heavy atom. The largest absolute Gasteiger partial charge is 0.494 e. The van der Waals surface area contributed by atoms with E-state index in [1.54, 1.807) is 7.11 Å². The molecule has 0 radical (unpaired) electrons. The van der Waals surface area contributed by atoms with Crippen molar-refractivity contribution < 1.29 is 9.47 Å². The van der Waals surface area contributed by atoms with E-state index in [9.17, 15) is 0 Å². The fourth-order valence-corrected chi connectivity index (χ4v) is 2.89. The number of anilines is 1. The SMILES string of the molecule is CCOc1ccccc1CNc1ncc(-c2ccccc2)n1CCOC. The molecule has 0 aliphatic carbocycles. The van der Waals surface area contributed by atoms with Crippen LogP contribution in [0.2, 0.25) is 0 Å². The Hall–Kier alpha value is -2.79. The summed E-state index contributed by atoms with van der Waals surface area (Å²) in [5.74, 6) is 1.73. The number of hydrogen-bond acceptors (Lipinski definition) is 4. The lowest BCUT2D eigenvalue weighted by atomic mass is 10.2. The van der Waals surface area contributed by atoms with E-state index in [-0.39, 0.29) is 0 Å². The molecule has 0 amide bonds. The zero-order valence-electron chi connectivity index (χ0n) is 15.3. The number of imidazole rings is 1. The van der Waals surface area contributed by atoms with Crippen LogP contribution in [-0.2, 0) is 17.8 Å². The summed E-state index contributed by atoms with van der Waals surface area (Å²) in [7, 11) is 1.71. The summed E-state index contributed by atoms with van der Waals surface area (Å²) >= 11 is 0. The molecule has 1 N–H and O–H groups in total. The summed E-state index contributed by atoms with van der Waals surface area (Å²) in [5, 5.41) is 3.44. The highest BCUT2D eigenvalue weighted by Gasteiger charge is 2.12. The summed E-state index contributed by atoms with van der Waals surface area (Å²) in [6, 6.07) is 18.3. The third-order valence-corrected chi connectivity index (χ3v) is 4.15. The molecule has 0 aliphatic rings. The van der Waals surface area contributed by atoms with Crippen LogP contribution in [0.25, 0.3) is 11.3 Å². The van der Waals surface area contributed by atoms with Crippen LogP contribution in [0.3, 0.4) is 0 Å². The van der Waals surface area contributed by atoms with Gasteiger partial charge < -0.3 is 19.4 Å². The molecule has 0 unspecified atom stereocenters. The van der Waals surface area contributed by atoms with Crippen LogP contribution in [0.5, 0.6) is 5.75 Å². The van der Waals surface area contributed by atoms with E-state index in [4.69, 9.17) is 9.47 Å². The highest BCUT2D eigenvalue weighted by molar-refractivity contribution is 5.61. The van der Waals surface area contributed by atoms with E-state index in [0.717, 1.165) is 35.1 Å². The molecule has 0 aliphatic heterocycles. The van der Waals surface area contributed by atoms with Crippen molar-refractivity contribution in [3.8, 4) is 17.0 Å². The van der Waals surface area contributed by atoms with Crippen molar-refractivity contribution in [1.29, 1.82) is 0 Å². The molecule has 136 valence electrons. The van der Waals surface area contributed by atoms with Gasteiger partial charge >= 0.3 is 0 Å². The minimum atomic E-state index is 0.625. The second-order valence-electron chi connectivity index (χ2n) is 5.87. The van der Waals surface area contributed by atoms with Gasteiger partial charge in [-0.15, -0.1) is 0 Å². The molecule has 0 saturated carbocycles. The molecular formula is C21H25N3O2. The normalized spacial score (nSPS) is 10.7. The van der Waals surface area contributed by atoms with Gasteiger partial charge in [-0.05, 0) is 18.6 Å². The van der Waals surface area contributed by atoms with Crippen molar-refractivity contribution in [2.24, 2.45) is 0 Å². The van der Waals surface area contributed by atoms with Crippen molar-refractivity contribution in [3.05, 3.63) is 66.4 Å². The van der Waals surface area contributed by atoms with Gasteiger partial charge in [-0.2, -0.15) is 0 Å². The number of hydrogen-bond donors (Lipinski definition) is 1. The molecule has 1 aromatic heterocycles. The Bertz CT molecular complexity index is 815. The molecule has 26 heavy (non-hydrogen) atoms. The molecular weight excluding hydrogens is 326 g/mol. The number of rotatable bonds is 9. The predicted octanol–water partition coefficient (Wildman–Crippen LogP) is 4.21. The van der Waals surface area contributed by atoms with Gasteiger partial charge in [-0.1, -0.05) is 48.5 Å². The van der Waals surface area contributed by atoms with E-state index in [0.29, 0.717) is 19.8 Å². The van der Waals surface area contributed by atoms with Gasteiger partial charge in [0.15, 0.2) is 0 Å². The van der Waals surface area contributed by atoms with Gasteiger partial charge in [-0.25, -0.2) is 4.98 Å². The third-order valence-electron chi connectivity index (χ3n) is 4.15. The van der Waals surface area contributed by atoms with Gasteiger partial charge in [0, 0.05) is 25.8 Å². The molecule has 1 heterocycles. The number of para-hydroxylation sites is 1. The molecule has 0 fully saturated rings. The molecule has 2 aromatic carbocycles. The van der Waals surface area contributed by atoms with Crippen LogP contribution in [0.1, 0.15) is 12.5 Å². The van der Waals surface area contributed by atoms with Crippen LogP contribution in [0.4, 0.5) is 5.95 Å². The monoisotopic (exact) mass is 351 g/mol. The summed E-state index contributed by atoms with van der Waals surface area (Å²) in [6.45, 7) is 4.65. The molecule has 5 nitrogen and oxygen atoms in total. The summed E-state index contributed by atoms with van der Waals surface area (Å²) in [4.78, 5) is 4.59. The predicted molar refractivity (Wildman–Crippen MR) is 104 cm³/mol. The number of nitrogens with zero attached hydrogens (tertiary/aromatic N) is 2. The first-order valence-electron chi connectivity index (χ1n) is 8.88. The maximum absolute atomic E-state index is 5.71. The summed E-state index contributed by atoms with van der Waals surface area (Å²) < 4.78 is 13.1. The standard InChI is InChI=1S/C21H25N3O2/c1-3-26-20-12-8-7-11-18(20)15-22-21-23-16-19(24(21)13-14-25-2)17-9-5-4-6-10-17/h4-12,16H,3,13-15H2,1-2H3,(H,22,23). The van der Waals surface area contributed by atoms with Crippen LogP contribution in [0, 0.1) is 0 Å². The van der Waals surface area contributed by atoms with E-state index in [1.807, 2.05) is 49.5 Å². The van der Waals surface area contributed by atoms with Gasteiger partial charge in [0.05, 0.1) is 25.1 Å². The maximum Gasteiger partial charge on any atom is 0.203 e. The van der Waals surface area contributed by atoms with Gasteiger partial charge in [0.1, 0.15) is 5.75 Å². The summed E-state index contributed by atoms with van der Waals surface area (Å²) in [6.07, 6.45) is 1.90. The first-order valence-corrected chi connectivity index (χ1v) is 8.88. The minimum Gasteiger partial charge on any atom is -0.494 e. The lowest BCUT2D eigenvalue weighted by molar-refractivity contribution is 0.188. The fraction of sp³-hybridized carbons (Fsp3) is 0.286. The molecule has 3 aromatic rings. The summed E-state index contributed by atoms with van der Waals surface area (Å²) in [5.41, 5.74) is 3.32. The second-order valence-corrected chi connectivity index (χ2v) is 5.87. The van der Waals surface area contributed by atoms with E-state index in [1.165, 1.54) is 0 Å². The maximum atomic E-state index is 5.71. The Morgan fingerprint density at radius 2 is 1.81 bits per heavy atom. The Kier molecular flexibility index (Phi) is 6.28. The van der Waals surface area contributed by atoms with Crippen LogP contribution in [-0.4, -0.2) is 29.9 Å². The fourth-order valence-electron chi connectivity index (χ4n) is 2.89. The lowest BCUT2D eigenvalue weighted by Crippen LogP contribution is -2.12. The second kappa shape index (κ2) is 9.06. The Balaban J connectivity index is 1.83. The highest BCUT2D eigenvalue weighted by atomic mass is 16.5. The molecule has 3 rings (SSSR count). The van der Waals surface area contributed by atoms with Crippen molar-refractivity contribution in [1.82, 2.24) is 9.55 Å². The van der Waals surface area contributed by atoms with Crippen LogP contribution in [0.15, 0.2) is 60.8 Å². The van der Waals surface area contributed by atoms with Crippen LogP contribution < -0.4 is 10.1 Å². The zero-order chi connectivity index (χ0) is 18.2. The zero-order valence-corrected chi connectivity index (χ0v) is 15.3. The lowest BCUT2D eigenvalue weighted by Gasteiger charge is -2.14. The van der Waals surface area contributed by atoms with Crippen molar-refractivity contribution in [2.75, 3.05) is 25.6 Å². The Morgan fingerprint density at radius 1 is 1.04 bits per heavy atom. The van der Waals surface area contributed by atoms with E-state index < -0.39 is 0 Å². The van der Waals surface area contributed by atoms with Crippen molar-refractivity contribution in [3.63, 3.8) is 0 Å². The number of nitrogens with one attached hydrogen (secondary N) is 1. The third kappa shape index (κ3) is 4.24. The smallest absolute Gasteiger partial charge is 0.203 e. The average molecular weight is 351 g/mol. The highest BCUT2D eigenvalue weighted by Crippen LogP contribution is 2.24. The first-order chi connectivity index (χ1) is 12.8. The molecule has 0 atom stereocenters. The number of aromatic nitrogens is 2. The number of ether oxygens (including phenoxy) is 2. The number of benzene rings is 2. The minimum absolute atomic E-state index is 0.625. The number of methoxy groups -OCH3 is 1. The molecule has 0 spiro atoms. The van der Waals surface area contributed by atoms with Gasteiger partial charge in [0.25, 0.3) is 0 Å². The van der Waals surface area contributed by atoms with Crippen molar-refractivity contribution >= 4 is 5.95 Å². The molecule has 0 bridgehead atoms. The first kappa shape index (κ1) is 18.0.